The Morgan fingerprint density at radius 3 is 1.91 bits per heavy atom. The molecule has 0 spiro atoms. The number of para-hydroxylation sites is 3. The number of fused-ring (bicyclic) bond motifs is 9. The Kier molecular flexibility index (Phi) is 5.45. The molecule has 0 aliphatic carbocycles. The quantitative estimate of drug-likeness (QED) is 0.199. The summed E-state index contributed by atoms with van der Waals surface area (Å²) in [6, 6.07) is 56.7. The second-order valence-corrected chi connectivity index (χ2v) is 12.9. The van der Waals surface area contributed by atoms with Gasteiger partial charge in [0.25, 0.3) is 0 Å². The summed E-state index contributed by atoms with van der Waals surface area (Å²) in [7, 11) is 0. The predicted molar refractivity (Wildman–Crippen MR) is 196 cm³/mol. The fourth-order valence-electron chi connectivity index (χ4n) is 7.11. The third-order valence-electron chi connectivity index (χ3n) is 9.17. The summed E-state index contributed by atoms with van der Waals surface area (Å²) in [4.78, 5) is 2.39. The zero-order chi connectivity index (χ0) is 30.2. The van der Waals surface area contributed by atoms with Crippen LogP contribution in [0.3, 0.4) is 0 Å². The maximum atomic E-state index is 6.23. The first-order valence-electron chi connectivity index (χ1n) is 15.5. The van der Waals surface area contributed by atoms with Crippen LogP contribution in [0.1, 0.15) is 0 Å². The van der Waals surface area contributed by atoms with Crippen LogP contribution in [0.4, 0.5) is 17.1 Å². The normalized spacial score (nSPS) is 11.9. The van der Waals surface area contributed by atoms with Crippen LogP contribution >= 0.6 is 11.3 Å². The fraction of sp³-hybridized carbons (Fsp3) is 0. The molecule has 4 heteroatoms. The SMILES string of the molecule is c1ccc(-n2c3ccccc3c3ccc(N(c4ccc5oc6ccccc6c5c4)c4ccc5sc6ccccc6c5c4)cc32)cc1. The van der Waals surface area contributed by atoms with Gasteiger partial charge in [0, 0.05) is 64.5 Å². The number of furan rings is 1. The number of hydrogen-bond donors (Lipinski definition) is 0. The van der Waals surface area contributed by atoms with Crippen molar-refractivity contribution < 1.29 is 4.42 Å². The van der Waals surface area contributed by atoms with E-state index < -0.39 is 0 Å². The van der Waals surface area contributed by atoms with E-state index in [1.54, 1.807) is 0 Å². The van der Waals surface area contributed by atoms with Crippen molar-refractivity contribution in [2.75, 3.05) is 4.90 Å². The third kappa shape index (κ3) is 3.77. The van der Waals surface area contributed by atoms with Crippen LogP contribution in [-0.2, 0) is 0 Å². The highest BCUT2D eigenvalue weighted by atomic mass is 32.1. The largest absolute Gasteiger partial charge is 0.456 e. The van der Waals surface area contributed by atoms with Gasteiger partial charge >= 0.3 is 0 Å². The second kappa shape index (κ2) is 9.83. The first kappa shape index (κ1) is 25.5. The molecule has 10 aromatic rings. The smallest absolute Gasteiger partial charge is 0.135 e. The van der Waals surface area contributed by atoms with Crippen molar-refractivity contribution in [3.05, 3.63) is 158 Å². The molecule has 0 fully saturated rings. The van der Waals surface area contributed by atoms with E-state index in [0.29, 0.717) is 0 Å². The average molecular weight is 607 g/mol. The lowest BCUT2D eigenvalue weighted by Gasteiger charge is -2.26. The summed E-state index contributed by atoms with van der Waals surface area (Å²) in [5, 5.41) is 7.28. The summed E-state index contributed by atoms with van der Waals surface area (Å²) in [5.74, 6) is 0. The van der Waals surface area contributed by atoms with E-state index in [0.717, 1.165) is 44.7 Å². The highest BCUT2D eigenvalue weighted by molar-refractivity contribution is 7.25. The van der Waals surface area contributed by atoms with E-state index in [-0.39, 0.29) is 0 Å². The number of thiophene rings is 1. The van der Waals surface area contributed by atoms with Crippen LogP contribution in [0, 0.1) is 0 Å². The minimum absolute atomic E-state index is 0.892. The van der Waals surface area contributed by atoms with E-state index >= 15 is 0 Å². The zero-order valence-electron chi connectivity index (χ0n) is 24.7. The molecule has 0 amide bonds. The number of hydrogen-bond acceptors (Lipinski definition) is 3. The maximum absolute atomic E-state index is 6.23. The van der Waals surface area contributed by atoms with Crippen LogP contribution in [0.5, 0.6) is 0 Å². The molecule has 10 rings (SSSR count). The summed E-state index contributed by atoms with van der Waals surface area (Å²) in [5.41, 5.74) is 8.61. The predicted octanol–water partition coefficient (Wildman–Crippen LogP) is 12.5. The van der Waals surface area contributed by atoms with E-state index in [1.807, 2.05) is 23.5 Å². The maximum Gasteiger partial charge on any atom is 0.135 e. The average Bonchev–Trinajstić information content (AvgIpc) is 3.78. The van der Waals surface area contributed by atoms with Gasteiger partial charge in [-0.3, -0.25) is 0 Å². The van der Waals surface area contributed by atoms with Crippen molar-refractivity contribution in [3.63, 3.8) is 0 Å². The van der Waals surface area contributed by atoms with Crippen LogP contribution in [0.25, 0.3) is 69.6 Å². The monoisotopic (exact) mass is 606 g/mol. The Labute approximate surface area is 268 Å². The van der Waals surface area contributed by atoms with Gasteiger partial charge in [0.15, 0.2) is 0 Å². The molecule has 0 N–H and O–H groups in total. The molecule has 0 aliphatic rings. The van der Waals surface area contributed by atoms with Crippen LogP contribution < -0.4 is 4.90 Å². The van der Waals surface area contributed by atoms with Gasteiger partial charge < -0.3 is 13.9 Å². The molecule has 3 heterocycles. The minimum Gasteiger partial charge on any atom is -0.456 e. The highest BCUT2D eigenvalue weighted by Gasteiger charge is 2.19. The van der Waals surface area contributed by atoms with Gasteiger partial charge in [-0.15, -0.1) is 11.3 Å². The lowest BCUT2D eigenvalue weighted by Crippen LogP contribution is -2.10. The fourth-order valence-corrected chi connectivity index (χ4v) is 8.19. The highest BCUT2D eigenvalue weighted by Crippen LogP contribution is 2.44. The van der Waals surface area contributed by atoms with Crippen molar-refractivity contribution in [3.8, 4) is 5.69 Å². The van der Waals surface area contributed by atoms with Crippen LogP contribution in [0.2, 0.25) is 0 Å². The Bertz CT molecular complexity index is 2650. The van der Waals surface area contributed by atoms with Crippen molar-refractivity contribution in [1.29, 1.82) is 0 Å². The molecule has 0 atom stereocenters. The molecule has 3 aromatic heterocycles. The van der Waals surface area contributed by atoms with Gasteiger partial charge in [0.05, 0.1) is 11.0 Å². The van der Waals surface area contributed by atoms with Crippen LogP contribution in [0.15, 0.2) is 162 Å². The minimum atomic E-state index is 0.892. The molecule has 0 saturated carbocycles. The van der Waals surface area contributed by atoms with Crippen LogP contribution in [-0.4, -0.2) is 4.57 Å². The van der Waals surface area contributed by atoms with E-state index in [4.69, 9.17) is 4.42 Å². The Morgan fingerprint density at radius 1 is 0.413 bits per heavy atom. The molecule has 216 valence electrons. The molecular weight excluding hydrogens is 581 g/mol. The van der Waals surface area contributed by atoms with Crippen molar-refractivity contribution in [1.82, 2.24) is 4.57 Å². The van der Waals surface area contributed by atoms with E-state index in [1.165, 1.54) is 42.0 Å². The number of rotatable bonds is 4. The molecular formula is C42H26N2OS. The van der Waals surface area contributed by atoms with Gasteiger partial charge in [-0.1, -0.05) is 78.9 Å². The molecule has 0 saturated heterocycles. The molecule has 0 bridgehead atoms. The lowest BCUT2D eigenvalue weighted by molar-refractivity contribution is 0.669. The zero-order valence-corrected chi connectivity index (χ0v) is 25.5. The third-order valence-corrected chi connectivity index (χ3v) is 10.3. The van der Waals surface area contributed by atoms with Gasteiger partial charge in [-0.25, -0.2) is 0 Å². The molecule has 7 aromatic carbocycles. The number of anilines is 3. The number of aromatic nitrogens is 1. The molecule has 46 heavy (non-hydrogen) atoms. The summed E-state index contributed by atoms with van der Waals surface area (Å²) in [6.45, 7) is 0. The molecule has 0 radical (unpaired) electrons. The van der Waals surface area contributed by atoms with Gasteiger partial charge in [-0.05, 0) is 78.9 Å². The van der Waals surface area contributed by atoms with Gasteiger partial charge in [0.1, 0.15) is 11.2 Å². The summed E-state index contributed by atoms with van der Waals surface area (Å²) >= 11 is 1.85. The first-order valence-corrected chi connectivity index (χ1v) is 16.3. The first-order chi connectivity index (χ1) is 22.8. The van der Waals surface area contributed by atoms with E-state index in [2.05, 4.69) is 155 Å². The molecule has 3 nitrogen and oxygen atoms in total. The van der Waals surface area contributed by atoms with Crippen molar-refractivity contribution in [2.24, 2.45) is 0 Å². The standard InChI is InChI=1S/C42H26N2OS/c1-2-10-27(11-3-1)44-37-15-7-4-12-31(37)32-21-18-30(26-38(32)44)43(28-19-22-40-35(24-28)33-13-5-8-16-39(33)45-40)29-20-23-42-36(25-29)34-14-6-9-17-41(34)46-42/h1-26H. The van der Waals surface area contributed by atoms with Crippen molar-refractivity contribution in [2.45, 2.75) is 0 Å². The molecule has 0 aliphatic heterocycles. The second-order valence-electron chi connectivity index (χ2n) is 11.8. The number of nitrogens with zero attached hydrogens (tertiary/aromatic N) is 2. The van der Waals surface area contributed by atoms with Gasteiger partial charge in [0.2, 0.25) is 0 Å². The molecule has 0 unspecified atom stereocenters. The Hall–Kier alpha value is -5.84. The number of benzene rings is 7. The van der Waals surface area contributed by atoms with E-state index in [9.17, 15) is 0 Å². The summed E-state index contributed by atoms with van der Waals surface area (Å²) in [6.07, 6.45) is 0. The topological polar surface area (TPSA) is 21.3 Å². The Balaban J connectivity index is 1.26. The van der Waals surface area contributed by atoms with Gasteiger partial charge in [-0.2, -0.15) is 0 Å². The summed E-state index contributed by atoms with van der Waals surface area (Å²) < 4.78 is 11.2. The van der Waals surface area contributed by atoms with Crippen molar-refractivity contribution >= 4 is 92.3 Å². The Morgan fingerprint density at radius 2 is 1.02 bits per heavy atom. The lowest BCUT2D eigenvalue weighted by atomic mass is 10.1.